The number of phenolic OH excluding ortho intramolecular Hbond substituents is 1. The predicted octanol–water partition coefficient (Wildman–Crippen LogP) is 4.05. The zero-order valence-corrected chi connectivity index (χ0v) is 17.0. The van der Waals surface area contributed by atoms with Gasteiger partial charge in [0.25, 0.3) is 11.8 Å². The van der Waals surface area contributed by atoms with Gasteiger partial charge in [-0.3, -0.25) is 9.59 Å². The zero-order chi connectivity index (χ0) is 20.3. The fourth-order valence-electron chi connectivity index (χ4n) is 4.06. The minimum Gasteiger partial charge on any atom is -0.503 e. The van der Waals surface area contributed by atoms with Gasteiger partial charge in [-0.1, -0.05) is 12.1 Å². The highest BCUT2D eigenvalue weighted by molar-refractivity contribution is 9.10. The number of carbonyl (C=O) groups excluding carboxylic acids is 2. The lowest BCUT2D eigenvalue weighted by Crippen LogP contribution is -2.36. The van der Waals surface area contributed by atoms with Crippen LogP contribution < -0.4 is 4.74 Å². The first-order valence-corrected chi connectivity index (χ1v) is 9.85. The molecule has 2 aliphatic rings. The zero-order valence-electron chi connectivity index (χ0n) is 15.4. The Bertz CT molecular complexity index is 1210. The van der Waals surface area contributed by atoms with Crippen LogP contribution in [0.5, 0.6) is 11.5 Å². The lowest BCUT2D eigenvalue weighted by Gasteiger charge is -2.23. The van der Waals surface area contributed by atoms with Crippen LogP contribution in [0.4, 0.5) is 0 Å². The Labute approximate surface area is 174 Å². The summed E-state index contributed by atoms with van der Waals surface area (Å²) in [6, 6.07) is 10.7. The second-order valence-electron chi connectivity index (χ2n) is 7.01. The average Bonchev–Trinajstić information content (AvgIpc) is 3.15. The number of aryl methyl sites for hydroxylation is 2. The third-order valence-corrected chi connectivity index (χ3v) is 6.04. The van der Waals surface area contributed by atoms with Crippen LogP contribution >= 0.6 is 15.9 Å². The van der Waals surface area contributed by atoms with E-state index in [4.69, 9.17) is 4.74 Å². The van der Waals surface area contributed by atoms with Gasteiger partial charge in [0.05, 0.1) is 28.9 Å². The summed E-state index contributed by atoms with van der Waals surface area (Å²) in [6.07, 6.45) is 3.25. The quantitative estimate of drug-likeness (QED) is 0.482. The Morgan fingerprint density at radius 3 is 2.24 bits per heavy atom. The molecule has 0 radical (unpaired) electrons. The summed E-state index contributed by atoms with van der Waals surface area (Å²) in [5.74, 6) is -0.670. The molecule has 1 aliphatic carbocycles. The Kier molecular flexibility index (Phi) is 3.96. The van der Waals surface area contributed by atoms with E-state index in [-0.39, 0.29) is 11.5 Å². The standard InChI is InChI=1S/C22H15BrN2O4/c1-29-17-9-11(8-16(23)20(17)26)10-24-25-21(27)14-6-4-12-2-3-13-5-7-15(22(25)28)19(14)18(12)13/h4-10,26H,2-3H2,1H3/b24-10-. The molecule has 5 rings (SSSR count). The summed E-state index contributed by atoms with van der Waals surface area (Å²) in [5.41, 5.74) is 3.90. The number of phenols is 1. The highest BCUT2D eigenvalue weighted by Crippen LogP contribution is 2.38. The summed E-state index contributed by atoms with van der Waals surface area (Å²) in [6.45, 7) is 0. The Morgan fingerprint density at radius 2 is 1.66 bits per heavy atom. The number of ether oxygens (including phenoxy) is 1. The van der Waals surface area contributed by atoms with Crippen LogP contribution in [0.3, 0.4) is 0 Å². The molecule has 0 saturated carbocycles. The molecular weight excluding hydrogens is 436 g/mol. The van der Waals surface area contributed by atoms with Gasteiger partial charge in [0.2, 0.25) is 0 Å². The monoisotopic (exact) mass is 450 g/mol. The molecule has 0 unspecified atom stereocenters. The van der Waals surface area contributed by atoms with Crippen LogP contribution in [0.2, 0.25) is 0 Å². The Morgan fingerprint density at radius 1 is 1.03 bits per heavy atom. The molecule has 1 N–H and O–H groups in total. The SMILES string of the molecule is COc1cc(/C=N\N2C(=O)c3ccc4c5c(ccc(c35)C2=O)CC4)cc(Br)c1O. The van der Waals surface area contributed by atoms with E-state index in [9.17, 15) is 14.7 Å². The molecule has 1 aliphatic heterocycles. The van der Waals surface area contributed by atoms with Crippen molar-refractivity contribution in [3.8, 4) is 11.5 Å². The van der Waals surface area contributed by atoms with Crippen molar-refractivity contribution in [2.75, 3.05) is 7.11 Å². The summed E-state index contributed by atoms with van der Waals surface area (Å²) >= 11 is 3.25. The van der Waals surface area contributed by atoms with E-state index in [0.29, 0.717) is 21.2 Å². The van der Waals surface area contributed by atoms with Crippen molar-refractivity contribution in [2.24, 2.45) is 5.10 Å². The fraction of sp³-hybridized carbons (Fsp3) is 0.136. The molecule has 2 amide bonds. The summed E-state index contributed by atoms with van der Waals surface area (Å²) in [5, 5.41) is 16.8. The highest BCUT2D eigenvalue weighted by Gasteiger charge is 2.35. The highest BCUT2D eigenvalue weighted by atomic mass is 79.9. The minimum absolute atomic E-state index is 0.0347. The number of hydrogen-bond donors (Lipinski definition) is 1. The molecule has 6 nitrogen and oxygen atoms in total. The van der Waals surface area contributed by atoms with E-state index < -0.39 is 11.8 Å². The number of halogens is 1. The molecular formula is C22H15BrN2O4. The molecule has 0 atom stereocenters. The normalized spacial score (nSPS) is 15.0. The minimum atomic E-state index is -0.445. The molecule has 0 spiro atoms. The predicted molar refractivity (Wildman–Crippen MR) is 112 cm³/mol. The van der Waals surface area contributed by atoms with Gasteiger partial charge in [0.15, 0.2) is 11.5 Å². The summed E-state index contributed by atoms with van der Waals surface area (Å²) in [7, 11) is 1.44. The molecule has 0 fully saturated rings. The van der Waals surface area contributed by atoms with Gasteiger partial charge in [0, 0.05) is 5.39 Å². The molecule has 1 heterocycles. The number of amides is 2. The maximum Gasteiger partial charge on any atom is 0.282 e. The lowest BCUT2D eigenvalue weighted by atomic mass is 9.92. The summed E-state index contributed by atoms with van der Waals surface area (Å²) < 4.78 is 5.54. The molecule has 3 aromatic rings. The summed E-state index contributed by atoms with van der Waals surface area (Å²) in [4.78, 5) is 26.1. The third-order valence-electron chi connectivity index (χ3n) is 5.44. The molecule has 7 heteroatoms. The van der Waals surface area contributed by atoms with E-state index in [1.54, 1.807) is 24.3 Å². The van der Waals surface area contributed by atoms with Gasteiger partial charge in [-0.25, -0.2) is 0 Å². The number of carbonyl (C=O) groups is 2. The first-order chi connectivity index (χ1) is 14.0. The van der Waals surface area contributed by atoms with Crippen molar-refractivity contribution in [3.05, 3.63) is 68.7 Å². The fourth-order valence-corrected chi connectivity index (χ4v) is 4.52. The second-order valence-corrected chi connectivity index (χ2v) is 7.87. The van der Waals surface area contributed by atoms with Crippen LogP contribution in [0.1, 0.15) is 37.4 Å². The number of nitrogens with zero attached hydrogens (tertiary/aromatic N) is 2. The maximum atomic E-state index is 13.0. The average molecular weight is 451 g/mol. The van der Waals surface area contributed by atoms with Gasteiger partial charge in [-0.15, -0.1) is 0 Å². The maximum absolute atomic E-state index is 13.0. The van der Waals surface area contributed by atoms with Crippen molar-refractivity contribution in [3.63, 3.8) is 0 Å². The van der Waals surface area contributed by atoms with Crippen molar-refractivity contribution in [2.45, 2.75) is 12.8 Å². The Hall–Kier alpha value is -3.19. The van der Waals surface area contributed by atoms with Crippen LogP contribution in [-0.4, -0.2) is 35.3 Å². The third kappa shape index (κ3) is 2.57. The Balaban J connectivity index is 1.58. The van der Waals surface area contributed by atoms with E-state index in [1.807, 2.05) is 12.1 Å². The molecule has 0 bridgehead atoms. The van der Waals surface area contributed by atoms with Crippen molar-refractivity contribution < 1.29 is 19.4 Å². The topological polar surface area (TPSA) is 79.2 Å². The number of rotatable bonds is 3. The first kappa shape index (κ1) is 17.9. The van der Waals surface area contributed by atoms with Crippen LogP contribution in [0.15, 0.2) is 46.0 Å². The molecule has 0 aromatic heterocycles. The molecule has 0 saturated heterocycles. The van der Waals surface area contributed by atoms with E-state index >= 15 is 0 Å². The molecule has 29 heavy (non-hydrogen) atoms. The number of methoxy groups -OCH3 is 1. The number of aromatic hydroxyl groups is 1. The van der Waals surface area contributed by atoms with E-state index in [1.165, 1.54) is 24.5 Å². The second kappa shape index (κ2) is 6.42. The largest absolute Gasteiger partial charge is 0.503 e. The first-order valence-electron chi connectivity index (χ1n) is 9.06. The molecule has 3 aromatic carbocycles. The van der Waals surface area contributed by atoms with Crippen LogP contribution in [-0.2, 0) is 12.8 Å². The van der Waals surface area contributed by atoms with Crippen LogP contribution in [0, 0.1) is 0 Å². The van der Waals surface area contributed by atoms with Crippen molar-refractivity contribution in [1.82, 2.24) is 5.01 Å². The molecule has 144 valence electrons. The lowest BCUT2D eigenvalue weighted by molar-refractivity contribution is 0.0616. The van der Waals surface area contributed by atoms with Gasteiger partial charge < -0.3 is 9.84 Å². The number of hydrazone groups is 1. The van der Waals surface area contributed by atoms with Crippen LogP contribution in [0.25, 0.3) is 10.8 Å². The number of imide groups is 1. The van der Waals surface area contributed by atoms with Crippen molar-refractivity contribution in [1.29, 1.82) is 0 Å². The van der Waals surface area contributed by atoms with Crippen molar-refractivity contribution >= 4 is 44.7 Å². The van der Waals surface area contributed by atoms with E-state index in [2.05, 4.69) is 21.0 Å². The number of benzene rings is 3. The smallest absolute Gasteiger partial charge is 0.282 e. The van der Waals surface area contributed by atoms with Gasteiger partial charge in [-0.2, -0.15) is 10.1 Å². The van der Waals surface area contributed by atoms with Gasteiger partial charge in [-0.05, 0) is 75.1 Å². The van der Waals surface area contributed by atoms with Gasteiger partial charge in [0.1, 0.15) is 0 Å². The van der Waals surface area contributed by atoms with Gasteiger partial charge >= 0.3 is 0 Å². The number of hydrogen-bond acceptors (Lipinski definition) is 5. The van der Waals surface area contributed by atoms with E-state index in [0.717, 1.165) is 28.6 Å².